The summed E-state index contributed by atoms with van der Waals surface area (Å²) in [4.78, 5) is 63.6. The Bertz CT molecular complexity index is 1290. The fourth-order valence-corrected chi connectivity index (χ4v) is 7.53. The molecular weight excluding hydrogens is 568 g/mol. The molecule has 2 N–H and O–H groups in total. The van der Waals surface area contributed by atoms with Crippen molar-refractivity contribution in [1.29, 1.82) is 0 Å². The number of aliphatic hydroxyl groups excluding tert-OH is 1. The van der Waals surface area contributed by atoms with E-state index in [2.05, 4.69) is 0 Å². The van der Waals surface area contributed by atoms with Gasteiger partial charge in [-0.1, -0.05) is 18.2 Å². The third-order valence-electron chi connectivity index (χ3n) is 8.75. The molecule has 0 amide bonds. The van der Waals surface area contributed by atoms with Crippen LogP contribution >= 0.6 is 0 Å². The maximum atomic E-state index is 13.7. The van der Waals surface area contributed by atoms with Crippen molar-refractivity contribution in [3.63, 3.8) is 0 Å². The molecule has 2 saturated carbocycles. The first-order valence-corrected chi connectivity index (χ1v) is 13.9. The fourth-order valence-electron chi connectivity index (χ4n) is 7.53. The second kappa shape index (κ2) is 11.2. The lowest BCUT2D eigenvalue weighted by Gasteiger charge is -2.66. The van der Waals surface area contributed by atoms with Crippen LogP contribution in [0.15, 0.2) is 30.3 Å². The predicted molar refractivity (Wildman–Crippen MR) is 144 cm³/mol. The molecule has 9 atom stereocenters. The van der Waals surface area contributed by atoms with Gasteiger partial charge in [0.05, 0.1) is 28.8 Å². The number of aliphatic hydroxyl groups is 2. The largest absolute Gasteiger partial charge is 0.465 e. The molecule has 2 aliphatic carbocycles. The van der Waals surface area contributed by atoms with Gasteiger partial charge in [-0.25, -0.2) is 4.79 Å². The predicted octanol–water partition coefficient (Wildman–Crippen LogP) is 1.25. The lowest BCUT2D eigenvalue weighted by Crippen LogP contribution is -2.85. The second-order valence-corrected chi connectivity index (χ2v) is 12.2. The molecule has 1 aromatic carbocycles. The maximum absolute atomic E-state index is 13.7. The first-order valence-electron chi connectivity index (χ1n) is 13.9. The Labute approximate surface area is 248 Å². The van der Waals surface area contributed by atoms with Crippen molar-refractivity contribution >= 4 is 29.8 Å². The molecule has 2 bridgehead atoms. The Balaban J connectivity index is 2.11. The number of fused-ring (bicyclic) bond motifs is 1. The second-order valence-electron chi connectivity index (χ2n) is 12.2. The Morgan fingerprint density at radius 1 is 0.837 bits per heavy atom. The Morgan fingerprint density at radius 2 is 1.42 bits per heavy atom. The number of hydrogen-bond donors (Lipinski definition) is 2. The topological polar surface area (TPSA) is 181 Å². The minimum Gasteiger partial charge on any atom is -0.465 e. The zero-order chi connectivity index (χ0) is 32.1. The summed E-state index contributed by atoms with van der Waals surface area (Å²) >= 11 is 0. The molecule has 1 heterocycles. The van der Waals surface area contributed by atoms with Gasteiger partial charge in [0.15, 0.2) is 12.2 Å². The monoisotopic (exact) mass is 606 g/mol. The van der Waals surface area contributed by atoms with Crippen LogP contribution in [0.3, 0.4) is 0 Å². The number of hydrogen-bond acceptors (Lipinski definition) is 13. The van der Waals surface area contributed by atoms with E-state index in [1.54, 1.807) is 32.0 Å². The van der Waals surface area contributed by atoms with Crippen molar-refractivity contribution in [3.05, 3.63) is 35.9 Å². The Hall–Kier alpha value is -3.55. The molecule has 0 unspecified atom stereocenters. The molecule has 1 aliphatic heterocycles. The van der Waals surface area contributed by atoms with Crippen molar-refractivity contribution in [3.8, 4) is 0 Å². The minimum atomic E-state index is -2.21. The van der Waals surface area contributed by atoms with E-state index in [1.807, 2.05) is 0 Å². The Kier molecular flexibility index (Phi) is 8.42. The summed E-state index contributed by atoms with van der Waals surface area (Å²) in [6.07, 6.45) is -8.29. The molecule has 43 heavy (non-hydrogen) atoms. The summed E-state index contributed by atoms with van der Waals surface area (Å²) in [6, 6.07) is 7.84. The molecule has 3 fully saturated rings. The molecule has 0 aromatic heterocycles. The number of ether oxygens (including phenoxy) is 6. The van der Waals surface area contributed by atoms with Gasteiger partial charge < -0.3 is 38.6 Å². The van der Waals surface area contributed by atoms with Crippen molar-refractivity contribution in [2.24, 2.45) is 11.3 Å². The fraction of sp³-hybridized carbons (Fsp3) is 0.633. The first kappa shape index (κ1) is 32.4. The van der Waals surface area contributed by atoms with E-state index in [1.165, 1.54) is 19.1 Å². The van der Waals surface area contributed by atoms with Crippen molar-refractivity contribution < 1.29 is 62.6 Å². The summed E-state index contributed by atoms with van der Waals surface area (Å²) in [6.45, 7) is 8.16. The SMILES string of the molecule is CC(=O)OC[C@]12[C@H](OC(=O)c3ccccc3)[C@@H](OC(C)=O)[C@@H]3[C@@H](O)[C@]1(OC3(C)C)[C@@](C)(O)C[C@H](OC(C)=O)[C@@H]2OC(C)=O. The maximum Gasteiger partial charge on any atom is 0.338 e. The van der Waals surface area contributed by atoms with Crippen molar-refractivity contribution in [2.45, 2.75) is 102 Å². The Morgan fingerprint density at radius 3 is 1.95 bits per heavy atom. The van der Waals surface area contributed by atoms with Crippen LogP contribution in [0.5, 0.6) is 0 Å². The van der Waals surface area contributed by atoms with Crippen LogP contribution in [0.1, 0.15) is 65.2 Å². The highest BCUT2D eigenvalue weighted by atomic mass is 16.6. The smallest absolute Gasteiger partial charge is 0.338 e. The van der Waals surface area contributed by atoms with Crippen LogP contribution in [-0.2, 0) is 47.6 Å². The van der Waals surface area contributed by atoms with Crippen LogP contribution in [0.2, 0.25) is 0 Å². The molecular formula is C30H38O13. The van der Waals surface area contributed by atoms with Gasteiger partial charge in [-0.2, -0.15) is 0 Å². The quantitative estimate of drug-likeness (QED) is 0.335. The van der Waals surface area contributed by atoms with Crippen LogP contribution in [0.4, 0.5) is 0 Å². The summed E-state index contributed by atoms with van der Waals surface area (Å²) < 4.78 is 35.4. The van der Waals surface area contributed by atoms with Gasteiger partial charge >= 0.3 is 29.8 Å². The normalized spacial score (nSPS) is 37.3. The molecule has 3 aliphatic rings. The summed E-state index contributed by atoms with van der Waals surface area (Å²) in [5, 5.41) is 24.4. The van der Waals surface area contributed by atoms with E-state index in [0.29, 0.717) is 0 Å². The zero-order valence-electron chi connectivity index (χ0n) is 25.2. The number of esters is 5. The van der Waals surface area contributed by atoms with Crippen LogP contribution < -0.4 is 0 Å². The number of carbonyl (C=O) groups is 5. The average Bonchev–Trinajstić information content (AvgIpc) is 3.06. The van der Waals surface area contributed by atoms with Crippen LogP contribution in [-0.4, -0.2) is 94.0 Å². The van der Waals surface area contributed by atoms with Gasteiger partial charge in [0.1, 0.15) is 29.8 Å². The highest BCUT2D eigenvalue weighted by Crippen LogP contribution is 2.68. The molecule has 1 aromatic rings. The van der Waals surface area contributed by atoms with Gasteiger partial charge in [0, 0.05) is 34.1 Å². The lowest BCUT2D eigenvalue weighted by atomic mass is 9.45. The molecule has 13 heteroatoms. The molecule has 0 radical (unpaired) electrons. The minimum absolute atomic E-state index is 0.0996. The van der Waals surface area contributed by atoms with E-state index in [9.17, 15) is 34.2 Å². The van der Waals surface area contributed by atoms with E-state index >= 15 is 0 Å². The lowest BCUT2D eigenvalue weighted by molar-refractivity contribution is -0.362. The van der Waals surface area contributed by atoms with Gasteiger partial charge in [-0.05, 0) is 32.9 Å². The van der Waals surface area contributed by atoms with E-state index < -0.39 is 102 Å². The van der Waals surface area contributed by atoms with Crippen molar-refractivity contribution in [1.82, 2.24) is 0 Å². The third kappa shape index (κ3) is 5.17. The van der Waals surface area contributed by atoms with E-state index in [4.69, 9.17) is 28.4 Å². The number of carbonyl (C=O) groups excluding carboxylic acids is 5. The zero-order valence-corrected chi connectivity index (χ0v) is 25.2. The van der Waals surface area contributed by atoms with Crippen molar-refractivity contribution in [2.75, 3.05) is 6.61 Å². The summed E-state index contributed by atoms with van der Waals surface area (Å²) in [5.74, 6) is -5.29. The highest BCUT2D eigenvalue weighted by Gasteiger charge is 2.87. The third-order valence-corrected chi connectivity index (χ3v) is 8.75. The molecule has 1 spiro atoms. The number of benzene rings is 1. The summed E-state index contributed by atoms with van der Waals surface area (Å²) in [5.41, 5.74) is -7.77. The first-order chi connectivity index (χ1) is 19.9. The van der Waals surface area contributed by atoms with Crippen LogP contribution in [0, 0.1) is 11.3 Å². The summed E-state index contributed by atoms with van der Waals surface area (Å²) in [7, 11) is 0. The standard InChI is InChI=1S/C30H38O13/c1-15(31)38-14-29-24(41-18(4)34)20(39-16(2)32)13-28(7,37)30(29)23(35)21(27(5,6)43-30)22(40-17(3)33)25(29)42-26(36)19-11-9-8-10-12-19/h8-12,20-25,35,37H,13-14H2,1-7H3/t20-,21+,22-,23+,24-,25+,28-,29-,30-/m0/s1. The van der Waals surface area contributed by atoms with E-state index in [0.717, 1.165) is 27.7 Å². The highest BCUT2D eigenvalue weighted by molar-refractivity contribution is 5.89. The average molecular weight is 607 g/mol. The molecule has 1 saturated heterocycles. The molecule has 4 rings (SSSR count). The van der Waals surface area contributed by atoms with Gasteiger partial charge in [-0.15, -0.1) is 0 Å². The van der Waals surface area contributed by atoms with Gasteiger partial charge in [0.2, 0.25) is 0 Å². The molecule has 236 valence electrons. The van der Waals surface area contributed by atoms with Gasteiger partial charge in [0.25, 0.3) is 0 Å². The van der Waals surface area contributed by atoms with E-state index in [-0.39, 0.29) is 5.56 Å². The molecule has 13 nitrogen and oxygen atoms in total. The van der Waals surface area contributed by atoms with Gasteiger partial charge in [-0.3, -0.25) is 19.2 Å². The van der Waals surface area contributed by atoms with Crippen LogP contribution in [0.25, 0.3) is 0 Å². The number of rotatable bonds is 7.